The van der Waals surface area contributed by atoms with E-state index in [0.29, 0.717) is 5.92 Å². The van der Waals surface area contributed by atoms with Crippen LogP contribution in [0.3, 0.4) is 0 Å². The number of hydrogen-bond donors (Lipinski definition) is 0. The highest BCUT2D eigenvalue weighted by Gasteiger charge is 2.22. The molecule has 0 radical (unpaired) electrons. The number of benzene rings is 3. The van der Waals surface area contributed by atoms with E-state index in [4.69, 9.17) is 9.98 Å². The summed E-state index contributed by atoms with van der Waals surface area (Å²) in [5.41, 5.74) is 8.57. The molecule has 31 heavy (non-hydrogen) atoms. The molecule has 0 saturated carbocycles. The maximum absolute atomic E-state index is 5.12. The monoisotopic (exact) mass is 418 g/mol. The third kappa shape index (κ3) is 3.00. The van der Waals surface area contributed by atoms with E-state index in [1.54, 1.807) is 11.3 Å². The molecule has 1 aromatic heterocycles. The maximum atomic E-state index is 5.12. The molecule has 0 spiro atoms. The fourth-order valence-electron chi connectivity index (χ4n) is 4.58. The first-order valence-electron chi connectivity index (χ1n) is 10.8. The van der Waals surface area contributed by atoms with E-state index in [1.165, 1.54) is 37.8 Å². The fourth-order valence-corrected chi connectivity index (χ4v) is 5.57. The highest BCUT2D eigenvalue weighted by molar-refractivity contribution is 7.21. The van der Waals surface area contributed by atoms with Crippen LogP contribution < -0.4 is 10.6 Å². The summed E-state index contributed by atoms with van der Waals surface area (Å²) in [4.78, 5) is 10.0. The average Bonchev–Trinajstić information content (AvgIpc) is 3.38. The molecule has 0 bridgehead atoms. The van der Waals surface area contributed by atoms with Gasteiger partial charge >= 0.3 is 0 Å². The van der Waals surface area contributed by atoms with E-state index >= 15 is 0 Å². The Balaban J connectivity index is 1.55. The minimum absolute atomic E-state index is 0.470. The van der Waals surface area contributed by atoms with Gasteiger partial charge in [-0.05, 0) is 41.2 Å². The molecule has 2 heterocycles. The topological polar surface area (TPSA) is 25.2 Å². The molecular weight excluding hydrogens is 396 g/mol. The maximum Gasteiger partial charge on any atom is 0.124 e. The molecule has 150 valence electrons. The zero-order valence-corrected chi connectivity index (χ0v) is 18.4. The number of thiazole rings is 1. The lowest BCUT2D eigenvalue weighted by molar-refractivity contribution is 0.863. The van der Waals surface area contributed by atoms with E-state index in [-0.39, 0.29) is 0 Å². The summed E-state index contributed by atoms with van der Waals surface area (Å²) < 4.78 is 1.22. The summed E-state index contributed by atoms with van der Waals surface area (Å²) in [6, 6.07) is 23.6. The summed E-state index contributed by atoms with van der Waals surface area (Å²) in [6.45, 7) is 4.51. The Morgan fingerprint density at radius 1 is 0.935 bits per heavy atom. The first kappa shape index (κ1) is 18.5. The lowest BCUT2D eigenvalue weighted by atomic mass is 9.87. The van der Waals surface area contributed by atoms with E-state index in [9.17, 15) is 0 Å². The van der Waals surface area contributed by atoms with Gasteiger partial charge < -0.3 is 0 Å². The van der Waals surface area contributed by atoms with Crippen LogP contribution in [0.25, 0.3) is 31.9 Å². The van der Waals surface area contributed by atoms with Crippen molar-refractivity contribution in [2.24, 2.45) is 4.99 Å². The Labute approximate surface area is 185 Å². The largest absolute Gasteiger partial charge is 0.247 e. The van der Waals surface area contributed by atoms with Gasteiger partial charge in [-0.1, -0.05) is 80.6 Å². The van der Waals surface area contributed by atoms with Crippen LogP contribution in [-0.4, -0.2) is 4.98 Å². The van der Waals surface area contributed by atoms with Gasteiger partial charge in [0.05, 0.1) is 21.3 Å². The van der Waals surface area contributed by atoms with E-state index < -0.39 is 0 Å². The molecule has 0 amide bonds. The van der Waals surface area contributed by atoms with Gasteiger partial charge in [-0.25, -0.2) is 9.98 Å². The second-order valence-electron chi connectivity index (χ2n) is 8.42. The van der Waals surface area contributed by atoms with Crippen molar-refractivity contribution in [2.45, 2.75) is 26.2 Å². The van der Waals surface area contributed by atoms with E-state index in [2.05, 4.69) is 86.7 Å². The summed E-state index contributed by atoms with van der Waals surface area (Å²) in [6.07, 6.45) is 5.46. The molecule has 2 aliphatic rings. The smallest absolute Gasteiger partial charge is 0.124 e. The molecule has 0 N–H and O–H groups in total. The first-order chi connectivity index (χ1) is 15.2. The Hall–Kier alpha value is -3.30. The van der Waals surface area contributed by atoms with Gasteiger partial charge in [-0.15, -0.1) is 11.3 Å². The van der Waals surface area contributed by atoms with Gasteiger partial charge in [0.25, 0.3) is 0 Å². The minimum atomic E-state index is 0.470. The third-order valence-corrected chi connectivity index (χ3v) is 7.17. The molecule has 6 rings (SSSR count). The molecule has 2 nitrogen and oxygen atoms in total. The Bertz CT molecular complexity index is 1520. The molecule has 0 atom stereocenters. The molecule has 0 fully saturated rings. The quantitative estimate of drug-likeness (QED) is 0.386. The first-order valence-corrected chi connectivity index (χ1v) is 11.6. The molecule has 1 aliphatic carbocycles. The number of aromatic nitrogens is 1. The van der Waals surface area contributed by atoms with Gasteiger partial charge in [0, 0.05) is 16.4 Å². The number of hydrogen-bond acceptors (Lipinski definition) is 3. The average molecular weight is 419 g/mol. The predicted molar refractivity (Wildman–Crippen MR) is 130 cm³/mol. The van der Waals surface area contributed by atoms with Crippen molar-refractivity contribution in [3.63, 3.8) is 0 Å². The van der Waals surface area contributed by atoms with Gasteiger partial charge in [-0.2, -0.15) is 0 Å². The second-order valence-corrected chi connectivity index (χ2v) is 9.45. The zero-order valence-electron chi connectivity index (χ0n) is 17.6. The molecule has 1 aliphatic heterocycles. The Morgan fingerprint density at radius 2 is 1.74 bits per heavy atom. The van der Waals surface area contributed by atoms with Crippen LogP contribution in [0.15, 0.2) is 89.6 Å². The van der Waals surface area contributed by atoms with Crippen LogP contribution in [-0.2, 0) is 0 Å². The number of allylic oxidation sites excluding steroid dienone is 4. The molecule has 4 aromatic rings. The van der Waals surface area contributed by atoms with Crippen molar-refractivity contribution in [1.82, 2.24) is 4.98 Å². The number of fused-ring (bicyclic) bond motifs is 3. The van der Waals surface area contributed by atoms with Crippen molar-refractivity contribution in [3.8, 4) is 10.6 Å². The van der Waals surface area contributed by atoms with Crippen molar-refractivity contribution >= 4 is 32.7 Å². The zero-order chi connectivity index (χ0) is 20.9. The number of nitrogens with zero attached hydrogens (tertiary/aromatic N) is 2. The lowest BCUT2D eigenvalue weighted by Gasteiger charge is -2.18. The summed E-state index contributed by atoms with van der Waals surface area (Å²) in [5, 5.41) is 3.37. The third-order valence-electron chi connectivity index (χ3n) is 6.10. The van der Waals surface area contributed by atoms with Gasteiger partial charge in [0.1, 0.15) is 5.01 Å². The number of rotatable bonds is 3. The van der Waals surface area contributed by atoms with Crippen molar-refractivity contribution < 1.29 is 0 Å². The second kappa shape index (κ2) is 7.14. The van der Waals surface area contributed by atoms with Crippen LogP contribution in [0.4, 0.5) is 0 Å². The summed E-state index contributed by atoms with van der Waals surface area (Å²) in [5.74, 6) is 0.470. The standard InChI is InChI=1S/C28H22N2S/c1-17(2)19-11-6-7-12-20(19)21-13-8-14-22-23-15-26-25(16-24(23)29-27(21)22)30-28(31-26)18-9-4-3-5-10-18/h3-13,15-17H,14H2,1-2H3. The molecule has 3 aromatic carbocycles. The lowest BCUT2D eigenvalue weighted by Crippen LogP contribution is -2.22. The molecule has 3 heteroatoms. The minimum Gasteiger partial charge on any atom is -0.247 e. The summed E-state index contributed by atoms with van der Waals surface area (Å²) >= 11 is 1.76. The molecular formula is C28H22N2S. The van der Waals surface area contributed by atoms with Crippen molar-refractivity contribution in [1.29, 1.82) is 0 Å². The van der Waals surface area contributed by atoms with Crippen LogP contribution in [0.1, 0.15) is 37.3 Å². The van der Waals surface area contributed by atoms with Crippen LogP contribution in [0, 0.1) is 0 Å². The van der Waals surface area contributed by atoms with E-state index in [1.807, 2.05) is 6.07 Å². The highest BCUT2D eigenvalue weighted by Crippen LogP contribution is 2.37. The normalized spacial score (nSPS) is 14.9. The van der Waals surface area contributed by atoms with Crippen LogP contribution in [0.5, 0.6) is 0 Å². The van der Waals surface area contributed by atoms with Gasteiger partial charge in [-0.3, -0.25) is 0 Å². The van der Waals surface area contributed by atoms with Crippen molar-refractivity contribution in [3.05, 3.63) is 106 Å². The van der Waals surface area contributed by atoms with Gasteiger partial charge in [0.2, 0.25) is 0 Å². The van der Waals surface area contributed by atoms with E-state index in [0.717, 1.165) is 28.0 Å². The Morgan fingerprint density at radius 3 is 2.58 bits per heavy atom. The predicted octanol–water partition coefficient (Wildman–Crippen LogP) is 6.24. The Kier molecular flexibility index (Phi) is 4.25. The van der Waals surface area contributed by atoms with Crippen molar-refractivity contribution in [2.75, 3.05) is 0 Å². The highest BCUT2D eigenvalue weighted by atomic mass is 32.1. The fraction of sp³-hybridized carbons (Fsp3) is 0.143. The summed E-state index contributed by atoms with van der Waals surface area (Å²) in [7, 11) is 0. The van der Waals surface area contributed by atoms with Crippen LogP contribution >= 0.6 is 11.3 Å². The molecule has 0 unspecified atom stereocenters. The molecule has 0 saturated heterocycles. The SMILES string of the molecule is CC(C)c1ccccc1C1=C2N=c3cc4nc(-c5ccccc5)sc4cc3=C2CC=C1. The van der Waals surface area contributed by atoms with Crippen LogP contribution in [0.2, 0.25) is 0 Å². The van der Waals surface area contributed by atoms with Gasteiger partial charge in [0.15, 0.2) is 0 Å².